The predicted molar refractivity (Wildman–Crippen MR) is 175 cm³/mol. The van der Waals surface area contributed by atoms with Crippen molar-refractivity contribution in [3.8, 4) is 11.3 Å². The Morgan fingerprint density at radius 1 is 0.894 bits per heavy atom. The molecule has 0 aliphatic heterocycles. The summed E-state index contributed by atoms with van der Waals surface area (Å²) >= 11 is 0. The minimum atomic E-state index is -4.46. The monoisotopic (exact) mass is 640 g/mol. The number of amides is 2. The van der Waals surface area contributed by atoms with E-state index >= 15 is 0 Å². The zero-order chi connectivity index (χ0) is 33.4. The molecule has 0 saturated heterocycles. The first-order valence-corrected chi connectivity index (χ1v) is 15.4. The van der Waals surface area contributed by atoms with Gasteiger partial charge in [0.25, 0.3) is 5.91 Å². The maximum Gasteiger partial charge on any atom is 0.416 e. The van der Waals surface area contributed by atoms with Crippen LogP contribution in [0.2, 0.25) is 0 Å². The minimum Gasteiger partial charge on any atom is -0.354 e. The van der Waals surface area contributed by atoms with Crippen molar-refractivity contribution in [1.82, 2.24) is 25.2 Å². The number of anilines is 1. The summed E-state index contributed by atoms with van der Waals surface area (Å²) in [5.41, 5.74) is 2.34. The van der Waals surface area contributed by atoms with Gasteiger partial charge in [-0.15, -0.1) is 0 Å². The normalized spacial score (nSPS) is 12.2. The predicted octanol–water partition coefficient (Wildman–Crippen LogP) is 7.44. The number of fused-ring (bicyclic) bond motifs is 1. The second kappa shape index (κ2) is 15.0. The third kappa shape index (κ3) is 8.36. The molecule has 2 amide bonds. The van der Waals surface area contributed by atoms with Gasteiger partial charge in [-0.2, -0.15) is 13.2 Å². The third-order valence-corrected chi connectivity index (χ3v) is 7.70. The number of carbonyl (C=O) groups excluding carboxylic acids is 2. The topological polar surface area (TPSA) is 100 Å². The van der Waals surface area contributed by atoms with Gasteiger partial charge in [0.1, 0.15) is 11.9 Å². The Bertz CT molecular complexity index is 1830. The van der Waals surface area contributed by atoms with Crippen molar-refractivity contribution in [2.45, 2.75) is 44.9 Å². The lowest BCUT2D eigenvalue weighted by molar-refractivity contribution is -0.137. The maximum atomic E-state index is 13.3. The Kier molecular flexibility index (Phi) is 10.6. The Labute approximate surface area is 271 Å². The molecule has 0 fully saturated rings. The highest BCUT2D eigenvalue weighted by Crippen LogP contribution is 2.31. The standard InChI is InChI=1S/C36H35F3N6O2/c1-3-4-6-20-42-35(47)33(30-10-5-7-19-40-30)45(2)23-24-11-17-29-26(22-24)14-18-31(43-29)44-34(46)28-9-8-21-41-32(28)25-12-15-27(16-13-25)36(37,38)39/h5,7-19,21-22,33H,3-4,6,20,23H2,1-2H3,(H,42,47)(H,43,44,46)/t33-/m0/s1. The van der Waals surface area contributed by atoms with Gasteiger partial charge in [0, 0.05) is 36.4 Å². The molecule has 47 heavy (non-hydrogen) atoms. The van der Waals surface area contributed by atoms with Crippen LogP contribution < -0.4 is 10.6 Å². The fourth-order valence-corrected chi connectivity index (χ4v) is 5.32. The number of benzene rings is 2. The molecule has 0 radical (unpaired) electrons. The lowest BCUT2D eigenvalue weighted by Gasteiger charge is -2.27. The van der Waals surface area contributed by atoms with E-state index in [0.717, 1.165) is 42.3 Å². The molecule has 11 heteroatoms. The molecule has 0 unspecified atom stereocenters. The Morgan fingerprint density at radius 2 is 1.68 bits per heavy atom. The second-order valence-electron chi connectivity index (χ2n) is 11.2. The van der Waals surface area contributed by atoms with Gasteiger partial charge < -0.3 is 10.6 Å². The first-order chi connectivity index (χ1) is 22.6. The van der Waals surface area contributed by atoms with E-state index < -0.39 is 23.7 Å². The molecular weight excluding hydrogens is 605 g/mol. The van der Waals surface area contributed by atoms with E-state index in [1.165, 1.54) is 18.3 Å². The number of halogens is 3. The molecule has 8 nitrogen and oxygen atoms in total. The quantitative estimate of drug-likeness (QED) is 0.138. The van der Waals surface area contributed by atoms with E-state index in [-0.39, 0.29) is 17.2 Å². The van der Waals surface area contributed by atoms with E-state index in [2.05, 4.69) is 32.5 Å². The first kappa shape index (κ1) is 33.2. The van der Waals surface area contributed by atoms with Crippen LogP contribution in [-0.4, -0.2) is 45.3 Å². The number of alkyl halides is 3. The van der Waals surface area contributed by atoms with Gasteiger partial charge in [-0.05, 0) is 79.7 Å². The van der Waals surface area contributed by atoms with Crippen molar-refractivity contribution in [2.24, 2.45) is 0 Å². The number of carbonyl (C=O) groups is 2. The molecule has 5 rings (SSSR count). The van der Waals surface area contributed by atoms with Crippen LogP contribution in [0.5, 0.6) is 0 Å². The lowest BCUT2D eigenvalue weighted by Crippen LogP contribution is -2.39. The molecule has 0 bridgehead atoms. The number of rotatable bonds is 12. The van der Waals surface area contributed by atoms with E-state index in [9.17, 15) is 22.8 Å². The summed E-state index contributed by atoms with van der Waals surface area (Å²) in [6.07, 6.45) is 1.74. The zero-order valence-corrected chi connectivity index (χ0v) is 26.1. The van der Waals surface area contributed by atoms with Crippen LogP contribution in [0.4, 0.5) is 19.0 Å². The van der Waals surface area contributed by atoms with Crippen LogP contribution >= 0.6 is 0 Å². The number of nitrogens with zero attached hydrogens (tertiary/aromatic N) is 4. The van der Waals surface area contributed by atoms with E-state index in [4.69, 9.17) is 0 Å². The van der Waals surface area contributed by atoms with E-state index in [0.29, 0.717) is 35.7 Å². The number of likely N-dealkylation sites (N-methyl/N-ethyl adjacent to an activating group) is 1. The Hall–Kier alpha value is -5.16. The average Bonchev–Trinajstić information content (AvgIpc) is 3.07. The number of aromatic nitrogens is 3. The lowest BCUT2D eigenvalue weighted by atomic mass is 10.0. The number of nitrogens with one attached hydrogen (secondary N) is 2. The highest BCUT2D eigenvalue weighted by Gasteiger charge is 2.30. The van der Waals surface area contributed by atoms with Gasteiger partial charge in [-0.3, -0.25) is 24.5 Å². The molecule has 2 aromatic carbocycles. The molecule has 0 spiro atoms. The molecule has 3 heterocycles. The van der Waals surface area contributed by atoms with Crippen molar-refractivity contribution in [3.05, 3.63) is 120 Å². The molecule has 3 aromatic heterocycles. The third-order valence-electron chi connectivity index (χ3n) is 7.70. The van der Waals surface area contributed by atoms with Crippen LogP contribution in [0.25, 0.3) is 22.2 Å². The first-order valence-electron chi connectivity index (χ1n) is 15.4. The summed E-state index contributed by atoms with van der Waals surface area (Å²) in [5.74, 6) is -0.281. The average molecular weight is 641 g/mol. The number of pyridine rings is 3. The maximum absolute atomic E-state index is 13.3. The fourth-order valence-electron chi connectivity index (χ4n) is 5.32. The Morgan fingerprint density at radius 3 is 2.40 bits per heavy atom. The molecular formula is C36H35F3N6O2. The number of hydrogen-bond donors (Lipinski definition) is 2. The van der Waals surface area contributed by atoms with Crippen molar-refractivity contribution in [1.29, 1.82) is 0 Å². The van der Waals surface area contributed by atoms with Crippen molar-refractivity contribution in [3.63, 3.8) is 0 Å². The highest BCUT2D eigenvalue weighted by atomic mass is 19.4. The van der Waals surface area contributed by atoms with E-state index in [1.54, 1.807) is 24.4 Å². The summed E-state index contributed by atoms with van der Waals surface area (Å²) in [6.45, 7) is 3.21. The van der Waals surface area contributed by atoms with Gasteiger partial charge in [0.2, 0.25) is 5.91 Å². The van der Waals surface area contributed by atoms with Gasteiger partial charge in [-0.25, -0.2) is 4.98 Å². The molecule has 0 saturated carbocycles. The summed E-state index contributed by atoms with van der Waals surface area (Å²) < 4.78 is 39.1. The largest absolute Gasteiger partial charge is 0.416 e. The number of unbranched alkanes of at least 4 members (excludes halogenated alkanes) is 2. The van der Waals surface area contributed by atoms with E-state index in [1.807, 2.05) is 54.4 Å². The smallest absolute Gasteiger partial charge is 0.354 e. The molecule has 5 aromatic rings. The SMILES string of the molecule is CCCCCNC(=O)[C@H](c1ccccn1)N(C)Cc1ccc2nc(NC(=O)c3cccnc3-c3ccc(C(F)(F)F)cc3)ccc2c1. The Balaban J connectivity index is 1.30. The molecule has 242 valence electrons. The van der Waals surface area contributed by atoms with Gasteiger partial charge in [-0.1, -0.05) is 44.0 Å². The van der Waals surface area contributed by atoms with Crippen molar-refractivity contribution in [2.75, 3.05) is 18.9 Å². The highest BCUT2D eigenvalue weighted by molar-refractivity contribution is 6.08. The van der Waals surface area contributed by atoms with Crippen LogP contribution in [0.1, 0.15) is 59.4 Å². The summed E-state index contributed by atoms with van der Waals surface area (Å²) in [4.78, 5) is 41.8. The summed E-state index contributed by atoms with van der Waals surface area (Å²) in [5, 5.41) is 6.69. The zero-order valence-electron chi connectivity index (χ0n) is 26.1. The van der Waals surface area contributed by atoms with Crippen molar-refractivity contribution < 1.29 is 22.8 Å². The molecule has 0 aliphatic rings. The fraction of sp³-hybridized carbons (Fsp3) is 0.250. The number of hydrogen-bond acceptors (Lipinski definition) is 6. The van der Waals surface area contributed by atoms with Gasteiger partial charge in [0.15, 0.2) is 0 Å². The van der Waals surface area contributed by atoms with Crippen molar-refractivity contribution >= 4 is 28.5 Å². The van der Waals surface area contributed by atoms with Gasteiger partial charge in [0.05, 0.1) is 28.0 Å². The summed E-state index contributed by atoms with van der Waals surface area (Å²) in [6, 6.07) is 21.9. The van der Waals surface area contributed by atoms with Crippen LogP contribution in [0, 0.1) is 0 Å². The minimum absolute atomic E-state index is 0.0970. The second-order valence-corrected chi connectivity index (χ2v) is 11.2. The molecule has 2 N–H and O–H groups in total. The molecule has 0 aliphatic carbocycles. The van der Waals surface area contributed by atoms with Gasteiger partial charge >= 0.3 is 6.18 Å². The van der Waals surface area contributed by atoms with Crippen LogP contribution in [-0.2, 0) is 17.5 Å². The van der Waals surface area contributed by atoms with Crippen LogP contribution in [0.3, 0.4) is 0 Å². The molecule has 1 atom stereocenters. The van der Waals surface area contributed by atoms with Crippen LogP contribution in [0.15, 0.2) is 97.3 Å². The summed E-state index contributed by atoms with van der Waals surface area (Å²) in [7, 11) is 1.89.